The molecule has 0 spiro atoms. The fourth-order valence-electron chi connectivity index (χ4n) is 1.97. The molecule has 2 rings (SSSR count). The summed E-state index contributed by atoms with van der Waals surface area (Å²) in [7, 11) is 0. The molecule has 0 bridgehead atoms. The van der Waals surface area contributed by atoms with Crippen LogP contribution in [0, 0.1) is 0 Å². The van der Waals surface area contributed by atoms with Gasteiger partial charge in [-0.3, -0.25) is 0 Å². The van der Waals surface area contributed by atoms with Crippen LogP contribution in [0.5, 0.6) is 0 Å². The Morgan fingerprint density at radius 2 is 2.13 bits per heavy atom. The van der Waals surface area contributed by atoms with Gasteiger partial charge in [-0.25, -0.2) is 4.98 Å². The molecular formula is C12H20N2S. The van der Waals surface area contributed by atoms with Gasteiger partial charge in [0.25, 0.3) is 0 Å². The Morgan fingerprint density at radius 3 is 2.67 bits per heavy atom. The third kappa shape index (κ3) is 1.72. The zero-order chi connectivity index (χ0) is 11.3. The normalized spacial score (nSPS) is 19.3. The zero-order valence-electron chi connectivity index (χ0n) is 10.1. The van der Waals surface area contributed by atoms with Crippen molar-refractivity contribution in [1.82, 2.24) is 4.98 Å². The molecule has 2 N–H and O–H groups in total. The zero-order valence-corrected chi connectivity index (χ0v) is 10.9. The molecule has 0 unspecified atom stereocenters. The number of hydrogen-bond donors (Lipinski definition) is 1. The molecule has 0 saturated heterocycles. The highest BCUT2D eigenvalue weighted by molar-refractivity contribution is 7.12. The second-order valence-electron chi connectivity index (χ2n) is 5.76. The van der Waals surface area contributed by atoms with Gasteiger partial charge in [-0.1, -0.05) is 27.7 Å². The molecule has 84 valence electrons. The number of fused-ring (bicyclic) bond motifs is 1. The van der Waals surface area contributed by atoms with Crippen molar-refractivity contribution in [3.8, 4) is 0 Å². The highest BCUT2D eigenvalue weighted by atomic mass is 32.1. The molecule has 0 aromatic carbocycles. The molecule has 1 aliphatic carbocycles. The second kappa shape index (κ2) is 3.29. The van der Waals surface area contributed by atoms with Crippen LogP contribution in [0.15, 0.2) is 0 Å². The maximum atomic E-state index is 5.79. The Balaban J connectivity index is 2.41. The topological polar surface area (TPSA) is 38.9 Å². The highest BCUT2D eigenvalue weighted by Gasteiger charge is 2.36. The third-order valence-electron chi connectivity index (χ3n) is 3.40. The largest absolute Gasteiger partial charge is 0.330 e. The summed E-state index contributed by atoms with van der Waals surface area (Å²) in [6.07, 6.45) is 2.44. The van der Waals surface area contributed by atoms with E-state index in [4.69, 9.17) is 10.7 Å². The standard InChI is InChI=1S/C12H20N2S/c1-11(2)6-5-8-9(11)14-10(15-8)12(3,4)7-13/h5-7,13H2,1-4H3. The summed E-state index contributed by atoms with van der Waals surface area (Å²) >= 11 is 1.86. The van der Waals surface area contributed by atoms with E-state index in [9.17, 15) is 0 Å². The van der Waals surface area contributed by atoms with Gasteiger partial charge >= 0.3 is 0 Å². The van der Waals surface area contributed by atoms with Crippen LogP contribution in [0.25, 0.3) is 0 Å². The maximum Gasteiger partial charge on any atom is 0.1000 e. The Morgan fingerprint density at radius 1 is 1.47 bits per heavy atom. The Bertz CT molecular complexity index is 377. The van der Waals surface area contributed by atoms with Crippen molar-refractivity contribution in [2.75, 3.05) is 6.54 Å². The average Bonchev–Trinajstić information content (AvgIpc) is 2.68. The van der Waals surface area contributed by atoms with E-state index in [1.807, 2.05) is 11.3 Å². The molecule has 0 fully saturated rings. The van der Waals surface area contributed by atoms with Crippen molar-refractivity contribution in [3.05, 3.63) is 15.6 Å². The van der Waals surface area contributed by atoms with E-state index in [0.717, 1.165) is 0 Å². The first kappa shape index (κ1) is 11.1. The Labute approximate surface area is 95.9 Å². The number of thiazole rings is 1. The van der Waals surface area contributed by atoms with Gasteiger partial charge in [-0.05, 0) is 12.8 Å². The number of aryl methyl sites for hydroxylation is 1. The van der Waals surface area contributed by atoms with Crippen molar-refractivity contribution in [1.29, 1.82) is 0 Å². The van der Waals surface area contributed by atoms with Crippen molar-refractivity contribution >= 4 is 11.3 Å². The quantitative estimate of drug-likeness (QED) is 0.838. The summed E-state index contributed by atoms with van der Waals surface area (Å²) in [5.41, 5.74) is 7.42. The number of nitrogens with zero attached hydrogens (tertiary/aromatic N) is 1. The van der Waals surface area contributed by atoms with Crippen LogP contribution in [-0.4, -0.2) is 11.5 Å². The molecule has 15 heavy (non-hydrogen) atoms. The lowest BCUT2D eigenvalue weighted by atomic mass is 9.90. The first-order valence-corrected chi connectivity index (χ1v) is 6.39. The van der Waals surface area contributed by atoms with Crippen LogP contribution < -0.4 is 5.73 Å². The van der Waals surface area contributed by atoms with E-state index in [2.05, 4.69) is 27.7 Å². The van der Waals surface area contributed by atoms with Gasteiger partial charge in [-0.15, -0.1) is 11.3 Å². The molecule has 1 aromatic heterocycles. The molecule has 3 heteroatoms. The molecular weight excluding hydrogens is 204 g/mol. The van der Waals surface area contributed by atoms with Crippen LogP contribution in [0.4, 0.5) is 0 Å². The minimum absolute atomic E-state index is 0.0328. The lowest BCUT2D eigenvalue weighted by Gasteiger charge is -2.20. The third-order valence-corrected chi connectivity index (χ3v) is 4.89. The SMILES string of the molecule is CC(C)(CN)c1nc2c(s1)CCC2(C)C. The summed E-state index contributed by atoms with van der Waals surface area (Å²) in [5, 5.41) is 1.21. The summed E-state index contributed by atoms with van der Waals surface area (Å²) in [5.74, 6) is 0. The number of aromatic nitrogens is 1. The fraction of sp³-hybridized carbons (Fsp3) is 0.750. The van der Waals surface area contributed by atoms with Crippen molar-refractivity contribution < 1.29 is 0 Å². The van der Waals surface area contributed by atoms with Crippen molar-refractivity contribution in [2.24, 2.45) is 5.73 Å². The molecule has 1 aliphatic rings. The predicted molar refractivity (Wildman–Crippen MR) is 65.5 cm³/mol. The molecule has 0 aliphatic heterocycles. The van der Waals surface area contributed by atoms with Crippen LogP contribution in [0.1, 0.15) is 49.7 Å². The fourth-order valence-corrected chi connectivity index (χ4v) is 3.32. The minimum atomic E-state index is 0.0328. The van der Waals surface area contributed by atoms with Crippen LogP contribution in [0.3, 0.4) is 0 Å². The average molecular weight is 224 g/mol. The lowest BCUT2D eigenvalue weighted by molar-refractivity contribution is 0.493. The summed E-state index contributed by atoms with van der Waals surface area (Å²) in [4.78, 5) is 6.31. The van der Waals surface area contributed by atoms with Gasteiger partial charge < -0.3 is 5.73 Å². The minimum Gasteiger partial charge on any atom is -0.330 e. The van der Waals surface area contributed by atoms with Gasteiger partial charge in [0, 0.05) is 22.3 Å². The number of hydrogen-bond acceptors (Lipinski definition) is 3. The second-order valence-corrected chi connectivity index (χ2v) is 6.85. The molecule has 0 saturated carbocycles. The van der Waals surface area contributed by atoms with Crippen LogP contribution >= 0.6 is 11.3 Å². The smallest absolute Gasteiger partial charge is 0.1000 e. The molecule has 0 atom stereocenters. The van der Waals surface area contributed by atoms with Gasteiger partial charge in [0.2, 0.25) is 0 Å². The summed E-state index contributed by atoms with van der Waals surface area (Å²) in [6.45, 7) is 9.59. The Kier molecular flexibility index (Phi) is 2.43. The van der Waals surface area contributed by atoms with E-state index in [-0.39, 0.29) is 10.8 Å². The van der Waals surface area contributed by atoms with Crippen LogP contribution in [-0.2, 0) is 17.3 Å². The van der Waals surface area contributed by atoms with E-state index >= 15 is 0 Å². The van der Waals surface area contributed by atoms with Crippen molar-refractivity contribution in [3.63, 3.8) is 0 Å². The van der Waals surface area contributed by atoms with E-state index in [1.54, 1.807) is 0 Å². The molecule has 0 amide bonds. The van der Waals surface area contributed by atoms with Gasteiger partial charge in [0.1, 0.15) is 0 Å². The van der Waals surface area contributed by atoms with E-state index < -0.39 is 0 Å². The maximum absolute atomic E-state index is 5.79. The number of nitrogens with two attached hydrogens (primary N) is 1. The molecule has 1 aromatic rings. The first-order valence-electron chi connectivity index (χ1n) is 5.57. The first-order chi connectivity index (χ1) is 6.87. The number of rotatable bonds is 2. The summed E-state index contributed by atoms with van der Waals surface area (Å²) < 4.78 is 0. The summed E-state index contributed by atoms with van der Waals surface area (Å²) in [6, 6.07) is 0. The van der Waals surface area contributed by atoms with Gasteiger partial charge in [-0.2, -0.15) is 0 Å². The Hall–Kier alpha value is -0.410. The van der Waals surface area contributed by atoms with Gasteiger partial charge in [0.05, 0.1) is 10.7 Å². The molecule has 2 nitrogen and oxygen atoms in total. The molecule has 0 radical (unpaired) electrons. The van der Waals surface area contributed by atoms with E-state index in [0.29, 0.717) is 6.54 Å². The van der Waals surface area contributed by atoms with E-state index in [1.165, 1.54) is 28.4 Å². The molecule has 1 heterocycles. The monoisotopic (exact) mass is 224 g/mol. The van der Waals surface area contributed by atoms with Crippen LogP contribution in [0.2, 0.25) is 0 Å². The van der Waals surface area contributed by atoms with Crippen molar-refractivity contribution in [2.45, 2.75) is 51.4 Å². The van der Waals surface area contributed by atoms with Gasteiger partial charge in [0.15, 0.2) is 0 Å². The highest BCUT2D eigenvalue weighted by Crippen LogP contribution is 2.42. The predicted octanol–water partition coefficient (Wildman–Crippen LogP) is 2.60. The lowest BCUT2D eigenvalue weighted by Crippen LogP contribution is -2.28.